The van der Waals surface area contributed by atoms with Crippen LogP contribution in [0.5, 0.6) is 0 Å². The Balaban J connectivity index is 2.55. The van der Waals surface area contributed by atoms with Crippen molar-refractivity contribution in [1.29, 1.82) is 0 Å². The third-order valence-electron chi connectivity index (χ3n) is 3.15. The minimum absolute atomic E-state index is 0.00292. The highest BCUT2D eigenvalue weighted by Crippen LogP contribution is 2.41. The molecule has 12 heavy (non-hydrogen) atoms. The van der Waals surface area contributed by atoms with Gasteiger partial charge in [0.2, 0.25) is 0 Å². The molecule has 0 aromatic rings. The Bertz CT molecular complexity index is 136. The monoisotopic (exact) mass is 188 g/mol. The summed E-state index contributed by atoms with van der Waals surface area (Å²) in [6, 6.07) is 0. The molecule has 0 N–H and O–H groups in total. The number of hydrogen-bond donors (Lipinski definition) is 0. The van der Waals surface area contributed by atoms with Gasteiger partial charge in [0.05, 0.1) is 0 Å². The number of rotatable bonds is 1. The topological polar surface area (TPSA) is 0 Å². The molecule has 2 atom stereocenters. The summed E-state index contributed by atoms with van der Waals surface area (Å²) in [5, 5.41) is 0. The van der Waals surface area contributed by atoms with Crippen LogP contribution < -0.4 is 0 Å². The molecule has 1 saturated carbocycles. The van der Waals surface area contributed by atoms with Gasteiger partial charge in [0.25, 0.3) is 0 Å². The Morgan fingerprint density at radius 2 is 1.42 bits per heavy atom. The van der Waals surface area contributed by atoms with Gasteiger partial charge in [0, 0.05) is 4.87 Å². The maximum Gasteiger partial charge on any atom is 0.0418 e. The maximum atomic E-state index is 6.34. The van der Waals surface area contributed by atoms with Gasteiger partial charge in [-0.1, -0.05) is 13.8 Å². The molecular weight excluding hydrogens is 168 g/mol. The molecule has 0 nitrogen and oxygen atoms in total. The van der Waals surface area contributed by atoms with Crippen molar-refractivity contribution in [1.82, 2.24) is 0 Å². The highest BCUT2D eigenvalue weighted by atomic mass is 35.5. The van der Waals surface area contributed by atoms with E-state index >= 15 is 0 Å². The fourth-order valence-corrected chi connectivity index (χ4v) is 2.69. The van der Waals surface area contributed by atoms with E-state index < -0.39 is 0 Å². The first-order valence-electron chi connectivity index (χ1n) is 5.08. The fourth-order valence-electron chi connectivity index (χ4n) is 2.51. The zero-order valence-electron chi connectivity index (χ0n) is 8.73. The van der Waals surface area contributed by atoms with Gasteiger partial charge in [-0.3, -0.25) is 0 Å². The molecule has 1 aliphatic rings. The van der Waals surface area contributed by atoms with Crippen molar-refractivity contribution in [3.8, 4) is 0 Å². The van der Waals surface area contributed by atoms with Crippen LogP contribution in [0.1, 0.15) is 47.0 Å². The molecule has 0 aromatic carbocycles. The van der Waals surface area contributed by atoms with Crippen molar-refractivity contribution >= 4 is 11.6 Å². The standard InChI is InChI=1S/C11H21Cl/c1-8-5-9(2)7-10(6-8)11(3,4)12/h8-10H,5-7H2,1-4H3. The van der Waals surface area contributed by atoms with Crippen molar-refractivity contribution < 1.29 is 0 Å². The minimum atomic E-state index is 0.00292. The molecule has 1 heteroatoms. The molecule has 0 bridgehead atoms. The highest BCUT2D eigenvalue weighted by Gasteiger charge is 2.33. The van der Waals surface area contributed by atoms with E-state index in [0.29, 0.717) is 0 Å². The van der Waals surface area contributed by atoms with Crippen LogP contribution in [-0.2, 0) is 0 Å². The summed E-state index contributed by atoms with van der Waals surface area (Å²) in [7, 11) is 0. The van der Waals surface area contributed by atoms with Crippen molar-refractivity contribution in [2.75, 3.05) is 0 Å². The molecule has 72 valence electrons. The van der Waals surface area contributed by atoms with E-state index in [0.717, 1.165) is 17.8 Å². The van der Waals surface area contributed by atoms with Crippen molar-refractivity contribution in [2.24, 2.45) is 17.8 Å². The predicted octanol–water partition coefficient (Wildman–Crippen LogP) is 4.08. The van der Waals surface area contributed by atoms with Gasteiger partial charge in [-0.05, 0) is 50.9 Å². The van der Waals surface area contributed by atoms with Crippen LogP contribution in [0, 0.1) is 17.8 Å². The Kier molecular flexibility index (Phi) is 3.09. The van der Waals surface area contributed by atoms with Crippen LogP contribution >= 0.6 is 11.6 Å². The second kappa shape index (κ2) is 3.57. The van der Waals surface area contributed by atoms with E-state index in [4.69, 9.17) is 11.6 Å². The van der Waals surface area contributed by atoms with Crippen LogP contribution in [0.25, 0.3) is 0 Å². The Hall–Kier alpha value is 0.290. The maximum absolute atomic E-state index is 6.34. The fraction of sp³-hybridized carbons (Fsp3) is 1.00. The third-order valence-corrected chi connectivity index (χ3v) is 3.46. The molecule has 0 radical (unpaired) electrons. The zero-order valence-corrected chi connectivity index (χ0v) is 9.49. The lowest BCUT2D eigenvalue weighted by Crippen LogP contribution is -2.32. The van der Waals surface area contributed by atoms with Gasteiger partial charge in [0.1, 0.15) is 0 Å². The summed E-state index contributed by atoms with van der Waals surface area (Å²) in [6.07, 6.45) is 4.03. The second-order valence-electron chi connectivity index (χ2n) is 5.18. The minimum Gasteiger partial charge on any atom is -0.120 e. The van der Waals surface area contributed by atoms with Crippen molar-refractivity contribution in [2.45, 2.75) is 51.8 Å². The first kappa shape index (κ1) is 10.4. The first-order valence-corrected chi connectivity index (χ1v) is 5.46. The normalized spacial score (nSPS) is 38.2. The molecule has 0 spiro atoms. The second-order valence-corrected chi connectivity index (χ2v) is 6.15. The third kappa shape index (κ3) is 2.65. The van der Waals surface area contributed by atoms with Crippen LogP contribution in [-0.4, -0.2) is 4.87 Å². The summed E-state index contributed by atoms with van der Waals surface area (Å²) < 4.78 is 0. The summed E-state index contributed by atoms with van der Waals surface area (Å²) in [5.41, 5.74) is 0. The molecule has 2 unspecified atom stereocenters. The van der Waals surface area contributed by atoms with Crippen molar-refractivity contribution in [3.05, 3.63) is 0 Å². The molecular formula is C11H21Cl. The first-order chi connectivity index (χ1) is 5.39. The molecule has 0 aromatic heterocycles. The van der Waals surface area contributed by atoms with Crippen LogP contribution in [0.3, 0.4) is 0 Å². The summed E-state index contributed by atoms with van der Waals surface area (Å²) in [6.45, 7) is 9.02. The molecule has 0 saturated heterocycles. The average Bonchev–Trinajstić information content (AvgIpc) is 1.82. The van der Waals surface area contributed by atoms with E-state index in [1.807, 2.05) is 0 Å². The van der Waals surface area contributed by atoms with Crippen molar-refractivity contribution in [3.63, 3.8) is 0 Å². The summed E-state index contributed by atoms with van der Waals surface area (Å²) in [5.74, 6) is 2.46. The van der Waals surface area contributed by atoms with Gasteiger partial charge in [-0.25, -0.2) is 0 Å². The quantitative estimate of drug-likeness (QED) is 0.545. The number of halogens is 1. The lowest BCUT2D eigenvalue weighted by molar-refractivity contribution is 0.188. The molecule has 0 aliphatic heterocycles. The molecule has 0 amide bonds. The lowest BCUT2D eigenvalue weighted by atomic mass is 9.72. The summed E-state index contributed by atoms with van der Waals surface area (Å²) >= 11 is 6.34. The molecule has 0 heterocycles. The van der Waals surface area contributed by atoms with E-state index in [1.54, 1.807) is 0 Å². The SMILES string of the molecule is CC1CC(C)CC(C(C)(C)Cl)C1. The van der Waals surface area contributed by atoms with E-state index in [2.05, 4.69) is 27.7 Å². The van der Waals surface area contributed by atoms with Gasteiger partial charge in [-0.2, -0.15) is 0 Å². The average molecular weight is 189 g/mol. The summed E-state index contributed by atoms with van der Waals surface area (Å²) in [4.78, 5) is 0.00292. The largest absolute Gasteiger partial charge is 0.120 e. The van der Waals surface area contributed by atoms with Gasteiger partial charge >= 0.3 is 0 Å². The van der Waals surface area contributed by atoms with Gasteiger partial charge in [-0.15, -0.1) is 11.6 Å². The van der Waals surface area contributed by atoms with E-state index in [1.165, 1.54) is 19.3 Å². The predicted molar refractivity (Wildman–Crippen MR) is 55.6 cm³/mol. The van der Waals surface area contributed by atoms with Crippen LogP contribution in [0.15, 0.2) is 0 Å². The highest BCUT2D eigenvalue weighted by molar-refractivity contribution is 6.23. The molecule has 1 rings (SSSR count). The smallest absolute Gasteiger partial charge is 0.0418 e. The Labute approximate surface area is 81.7 Å². The van der Waals surface area contributed by atoms with E-state index in [9.17, 15) is 0 Å². The molecule has 1 aliphatic carbocycles. The van der Waals surface area contributed by atoms with Gasteiger partial charge in [0.15, 0.2) is 0 Å². The van der Waals surface area contributed by atoms with Crippen LogP contribution in [0.4, 0.5) is 0 Å². The van der Waals surface area contributed by atoms with Gasteiger partial charge < -0.3 is 0 Å². The van der Waals surface area contributed by atoms with E-state index in [-0.39, 0.29) is 4.87 Å². The lowest BCUT2D eigenvalue weighted by Gasteiger charge is -2.38. The molecule has 1 fully saturated rings. The number of hydrogen-bond acceptors (Lipinski definition) is 0. The number of alkyl halides is 1. The van der Waals surface area contributed by atoms with Crippen LogP contribution in [0.2, 0.25) is 0 Å². The zero-order chi connectivity index (χ0) is 9.35. The Morgan fingerprint density at radius 3 is 1.75 bits per heavy atom. The Morgan fingerprint density at radius 1 is 1.00 bits per heavy atom.